The van der Waals surface area contributed by atoms with Gasteiger partial charge in [0.2, 0.25) is 0 Å². The summed E-state index contributed by atoms with van der Waals surface area (Å²) in [5.41, 5.74) is 6.33. The van der Waals surface area contributed by atoms with Gasteiger partial charge >= 0.3 is 0 Å². The molecular weight excluding hydrogens is 534 g/mol. The van der Waals surface area contributed by atoms with E-state index in [9.17, 15) is 4.79 Å². The molecule has 6 rings (SSSR count). The molecule has 2 heterocycles. The summed E-state index contributed by atoms with van der Waals surface area (Å²) in [5.74, 6) is 1.25. The largest absolute Gasteiger partial charge is 0.456 e. The van der Waals surface area contributed by atoms with Gasteiger partial charge in [-0.1, -0.05) is 48.0 Å². The highest BCUT2D eigenvalue weighted by Crippen LogP contribution is 2.58. The molecule has 7 heteroatoms. The highest BCUT2D eigenvalue weighted by Gasteiger charge is 2.57. The first-order chi connectivity index (χ1) is 20.9. The second-order valence-corrected chi connectivity index (χ2v) is 10.9. The van der Waals surface area contributed by atoms with E-state index in [1.807, 2.05) is 55.5 Å². The molecule has 1 spiro atoms. The first kappa shape index (κ1) is 28.2. The van der Waals surface area contributed by atoms with E-state index < -0.39 is 5.54 Å². The molecule has 1 amide bonds. The number of hydrogen-bond donors (Lipinski definition) is 0. The molecule has 0 aliphatic carbocycles. The smallest absolute Gasteiger partial charge is 0.275 e. The van der Waals surface area contributed by atoms with Crippen molar-refractivity contribution in [2.75, 3.05) is 36.5 Å². The number of aliphatic imine (C=N–C) groups is 1. The Balaban J connectivity index is 1.56. The molecule has 1 unspecified atom stereocenters. The zero-order chi connectivity index (χ0) is 30.1. The van der Waals surface area contributed by atoms with Crippen LogP contribution in [-0.2, 0) is 5.54 Å². The fourth-order valence-corrected chi connectivity index (χ4v) is 6.13. The average molecular weight is 572 g/mol. The third-order valence-corrected chi connectivity index (χ3v) is 8.54. The molecule has 0 fully saturated rings. The highest BCUT2D eigenvalue weighted by molar-refractivity contribution is 6.17. The number of carbonyl (C=O) groups is 1. The molecule has 0 radical (unpaired) electrons. The number of anilines is 2. The molecule has 4 aromatic carbocycles. The van der Waals surface area contributed by atoms with E-state index in [0.29, 0.717) is 17.1 Å². The van der Waals surface area contributed by atoms with Crippen molar-refractivity contribution in [3.8, 4) is 11.5 Å². The summed E-state index contributed by atoms with van der Waals surface area (Å²) in [6, 6.07) is 28.3. The molecule has 0 bridgehead atoms. The maximum Gasteiger partial charge on any atom is 0.275 e. The third-order valence-electron chi connectivity index (χ3n) is 8.54. The minimum atomic E-state index is -1.02. The zero-order valence-electron chi connectivity index (χ0n) is 25.4. The van der Waals surface area contributed by atoms with Gasteiger partial charge in [-0.15, -0.1) is 0 Å². The lowest BCUT2D eigenvalue weighted by Crippen LogP contribution is -2.44. The number of ether oxygens (including phenoxy) is 1. The van der Waals surface area contributed by atoms with Gasteiger partial charge in [-0.25, -0.2) is 5.01 Å². The van der Waals surface area contributed by atoms with Crippen molar-refractivity contribution in [3.05, 3.63) is 113 Å². The second-order valence-electron chi connectivity index (χ2n) is 10.9. The molecule has 1 atom stereocenters. The molecule has 218 valence electrons. The van der Waals surface area contributed by atoms with Gasteiger partial charge < -0.3 is 14.5 Å². The summed E-state index contributed by atoms with van der Waals surface area (Å²) in [4.78, 5) is 23.2. The maximum atomic E-state index is 14.2. The van der Waals surface area contributed by atoms with Crippen LogP contribution in [0.3, 0.4) is 0 Å². The Kier molecular flexibility index (Phi) is 7.48. The summed E-state index contributed by atoms with van der Waals surface area (Å²) >= 11 is 0. The number of hydrogen-bond acceptors (Lipinski definition) is 6. The Bertz CT molecular complexity index is 1720. The molecule has 0 saturated carbocycles. The predicted molar refractivity (Wildman–Crippen MR) is 176 cm³/mol. The summed E-state index contributed by atoms with van der Waals surface area (Å²) in [6.07, 6.45) is 3.24. The van der Waals surface area contributed by atoms with Crippen LogP contribution in [-0.4, -0.2) is 50.0 Å². The van der Waals surface area contributed by atoms with Crippen molar-refractivity contribution >= 4 is 35.4 Å². The quantitative estimate of drug-likeness (QED) is 0.205. The third kappa shape index (κ3) is 4.65. The summed E-state index contributed by atoms with van der Waals surface area (Å²) in [7, 11) is 2.06. The van der Waals surface area contributed by atoms with E-state index in [4.69, 9.17) is 9.84 Å². The maximum absolute atomic E-state index is 14.2. The summed E-state index contributed by atoms with van der Waals surface area (Å²) in [5, 5.41) is 6.43. The number of fused-ring (bicyclic) bond motifs is 6. The van der Waals surface area contributed by atoms with Gasteiger partial charge in [0.05, 0.1) is 11.9 Å². The van der Waals surface area contributed by atoms with E-state index in [2.05, 4.69) is 79.0 Å². The van der Waals surface area contributed by atoms with E-state index in [0.717, 1.165) is 53.4 Å². The lowest BCUT2D eigenvalue weighted by atomic mass is 9.75. The SMILES string of the molecule is CCN(C)c1ccc2c(c1)Oc1cc(N(CC)CC)ccc1C21c2ccccc2C(=O)N1N=CC=Nc1ccc(C)cc1. The molecule has 0 N–H and O–H groups in total. The van der Waals surface area contributed by atoms with E-state index in [1.165, 1.54) is 5.56 Å². The van der Waals surface area contributed by atoms with Gasteiger partial charge in [0.25, 0.3) is 5.91 Å². The Morgan fingerprint density at radius 1 is 0.791 bits per heavy atom. The van der Waals surface area contributed by atoms with Gasteiger partial charge in [0.15, 0.2) is 0 Å². The Morgan fingerprint density at radius 3 is 2.12 bits per heavy atom. The number of aryl methyl sites for hydroxylation is 1. The van der Waals surface area contributed by atoms with Crippen LogP contribution in [0.5, 0.6) is 11.5 Å². The molecule has 2 aliphatic rings. The molecule has 2 aliphatic heterocycles. The fourth-order valence-electron chi connectivity index (χ4n) is 6.13. The van der Waals surface area contributed by atoms with E-state index in [1.54, 1.807) is 17.4 Å². The van der Waals surface area contributed by atoms with Crippen molar-refractivity contribution in [3.63, 3.8) is 0 Å². The van der Waals surface area contributed by atoms with Crippen molar-refractivity contribution in [1.82, 2.24) is 5.01 Å². The van der Waals surface area contributed by atoms with Crippen molar-refractivity contribution < 1.29 is 9.53 Å². The Labute approximate surface area is 253 Å². The molecule has 0 saturated heterocycles. The minimum Gasteiger partial charge on any atom is -0.456 e. The van der Waals surface area contributed by atoms with Crippen LogP contribution < -0.4 is 14.5 Å². The number of carbonyl (C=O) groups excluding carboxylic acids is 1. The predicted octanol–water partition coefficient (Wildman–Crippen LogP) is 7.54. The van der Waals surface area contributed by atoms with Gasteiger partial charge in [-0.05, 0) is 58.0 Å². The lowest BCUT2D eigenvalue weighted by Gasteiger charge is -2.42. The number of hydrazone groups is 1. The molecule has 43 heavy (non-hydrogen) atoms. The monoisotopic (exact) mass is 571 g/mol. The van der Waals surface area contributed by atoms with Crippen LogP contribution in [0.1, 0.15) is 53.4 Å². The zero-order valence-corrected chi connectivity index (χ0v) is 25.4. The summed E-state index contributed by atoms with van der Waals surface area (Å²) in [6.45, 7) is 11.1. The lowest BCUT2D eigenvalue weighted by molar-refractivity contribution is 0.0675. The van der Waals surface area contributed by atoms with E-state index in [-0.39, 0.29) is 5.91 Å². The molecule has 7 nitrogen and oxygen atoms in total. The second kappa shape index (κ2) is 11.4. The van der Waals surface area contributed by atoms with Gasteiger partial charge in [-0.3, -0.25) is 9.79 Å². The van der Waals surface area contributed by atoms with Crippen LogP contribution in [0.25, 0.3) is 0 Å². The van der Waals surface area contributed by atoms with Crippen molar-refractivity contribution in [2.45, 2.75) is 33.2 Å². The first-order valence-electron chi connectivity index (χ1n) is 14.9. The van der Waals surface area contributed by atoms with Crippen LogP contribution in [0.4, 0.5) is 17.1 Å². The van der Waals surface area contributed by atoms with Crippen LogP contribution in [0.15, 0.2) is 95.0 Å². The van der Waals surface area contributed by atoms with Crippen LogP contribution in [0, 0.1) is 6.92 Å². The van der Waals surface area contributed by atoms with Crippen molar-refractivity contribution in [2.24, 2.45) is 10.1 Å². The number of nitrogens with zero attached hydrogens (tertiary/aromatic N) is 5. The van der Waals surface area contributed by atoms with E-state index >= 15 is 0 Å². The number of benzene rings is 4. The summed E-state index contributed by atoms with van der Waals surface area (Å²) < 4.78 is 6.70. The molecular formula is C36H37N5O2. The minimum absolute atomic E-state index is 0.169. The normalized spacial score (nSPS) is 16.9. The average Bonchev–Trinajstić information content (AvgIpc) is 3.28. The molecule has 0 aromatic heterocycles. The van der Waals surface area contributed by atoms with Crippen LogP contribution in [0.2, 0.25) is 0 Å². The van der Waals surface area contributed by atoms with Crippen LogP contribution >= 0.6 is 0 Å². The van der Waals surface area contributed by atoms with Gasteiger partial charge in [-0.2, -0.15) is 5.10 Å². The fraction of sp³-hybridized carbons (Fsp3) is 0.250. The Morgan fingerprint density at radius 2 is 1.44 bits per heavy atom. The number of rotatable bonds is 8. The Hall–Kier alpha value is -4.91. The molecule has 4 aromatic rings. The van der Waals surface area contributed by atoms with Crippen molar-refractivity contribution in [1.29, 1.82) is 0 Å². The highest BCUT2D eigenvalue weighted by atomic mass is 16.5. The topological polar surface area (TPSA) is 60.7 Å². The number of amides is 1. The van der Waals surface area contributed by atoms with Gasteiger partial charge in [0.1, 0.15) is 17.0 Å². The first-order valence-corrected chi connectivity index (χ1v) is 14.9. The van der Waals surface area contributed by atoms with Gasteiger partial charge in [0, 0.05) is 78.7 Å². The standard InChI is InChI=1S/C36H37N5O2/c1-6-39(5)27-17-19-31-33(23-27)43-34-24-28(40(7-2)8-3)18-20-32(34)36(31)30-12-10-9-11-29(30)35(42)41(36)38-22-21-37-26-15-13-25(4)14-16-26/h9-24H,6-8H2,1-5H3.